The van der Waals surface area contributed by atoms with Crippen molar-refractivity contribution in [2.45, 2.75) is 32.7 Å². The summed E-state index contributed by atoms with van der Waals surface area (Å²) in [5, 5.41) is 0.381. The first-order chi connectivity index (χ1) is 10.3. The zero-order valence-electron chi connectivity index (χ0n) is 12.6. The van der Waals surface area contributed by atoms with Crippen molar-refractivity contribution in [3.63, 3.8) is 0 Å². The molecule has 1 fully saturated rings. The average Bonchev–Trinajstić information content (AvgIpc) is 3.17. The Morgan fingerprint density at radius 1 is 1.45 bits per heavy atom. The van der Waals surface area contributed by atoms with Crippen molar-refractivity contribution in [2.75, 3.05) is 17.5 Å². The van der Waals surface area contributed by atoms with Crippen molar-refractivity contribution >= 4 is 32.4 Å². The molecule has 0 spiro atoms. The molecule has 1 aromatic rings. The molecule has 1 N–H and O–H groups in total. The number of sulfonamides is 1. The van der Waals surface area contributed by atoms with Gasteiger partial charge in [-0.15, -0.1) is 0 Å². The summed E-state index contributed by atoms with van der Waals surface area (Å²) in [6.45, 7) is 3.15. The molecule has 0 bridgehead atoms. The van der Waals surface area contributed by atoms with Crippen LogP contribution >= 0.6 is 11.3 Å². The molecule has 1 aromatic heterocycles. The maximum atomic E-state index is 12.3. The highest BCUT2D eigenvalue weighted by Crippen LogP contribution is 2.36. The highest BCUT2D eigenvalue weighted by molar-refractivity contribution is 7.92. The van der Waals surface area contributed by atoms with Crippen molar-refractivity contribution < 1.29 is 13.2 Å². The van der Waals surface area contributed by atoms with Crippen LogP contribution in [-0.2, 0) is 27.8 Å². The summed E-state index contributed by atoms with van der Waals surface area (Å²) in [4.78, 5) is 19.4. The lowest BCUT2D eigenvalue weighted by atomic mass is 10.1. The molecule has 8 heteroatoms. The monoisotopic (exact) mass is 341 g/mol. The Bertz CT molecular complexity index is 733. The Labute approximate surface area is 134 Å². The number of nitrogens with one attached hydrogen (secondary N) is 1. The van der Waals surface area contributed by atoms with E-state index < -0.39 is 10.0 Å². The maximum absolute atomic E-state index is 12.3. The van der Waals surface area contributed by atoms with E-state index in [0.717, 1.165) is 16.8 Å². The van der Waals surface area contributed by atoms with E-state index in [0.29, 0.717) is 30.6 Å². The minimum atomic E-state index is -3.32. The van der Waals surface area contributed by atoms with Crippen LogP contribution < -0.4 is 4.72 Å². The lowest BCUT2D eigenvalue weighted by molar-refractivity contribution is -0.126. The van der Waals surface area contributed by atoms with E-state index in [9.17, 15) is 13.2 Å². The predicted molar refractivity (Wildman–Crippen MR) is 86.2 cm³/mol. The number of aromatic nitrogens is 1. The topological polar surface area (TPSA) is 79.4 Å². The molecule has 2 aliphatic rings. The summed E-state index contributed by atoms with van der Waals surface area (Å²) in [5.41, 5.74) is 2.06. The van der Waals surface area contributed by atoms with Crippen LogP contribution in [0.5, 0.6) is 0 Å². The Morgan fingerprint density at radius 2 is 2.18 bits per heavy atom. The van der Waals surface area contributed by atoms with Gasteiger partial charge in [0.2, 0.25) is 15.9 Å². The van der Waals surface area contributed by atoms with Crippen LogP contribution in [0, 0.1) is 5.92 Å². The largest absolute Gasteiger partial charge is 0.334 e. The second kappa shape index (κ2) is 5.66. The third-order valence-corrected chi connectivity index (χ3v) is 5.58. The maximum Gasteiger partial charge on any atom is 0.246 e. The van der Waals surface area contributed by atoms with Gasteiger partial charge in [-0.2, -0.15) is 0 Å². The first-order valence-electron chi connectivity index (χ1n) is 7.25. The third-order valence-electron chi connectivity index (χ3n) is 3.89. The normalized spacial score (nSPS) is 19.0. The van der Waals surface area contributed by atoms with E-state index in [4.69, 9.17) is 0 Å². The Morgan fingerprint density at radius 3 is 2.82 bits per heavy atom. The molecule has 0 radical (unpaired) electrons. The van der Waals surface area contributed by atoms with Gasteiger partial charge in [-0.3, -0.25) is 9.52 Å². The zero-order valence-corrected chi connectivity index (χ0v) is 14.3. The smallest absolute Gasteiger partial charge is 0.246 e. The van der Waals surface area contributed by atoms with Crippen molar-refractivity contribution in [2.24, 2.45) is 5.92 Å². The minimum absolute atomic E-state index is 0.0427. The van der Waals surface area contributed by atoms with Gasteiger partial charge in [0.15, 0.2) is 5.13 Å². The van der Waals surface area contributed by atoms with Gasteiger partial charge in [0.25, 0.3) is 0 Å². The van der Waals surface area contributed by atoms with Crippen LogP contribution in [0.4, 0.5) is 5.13 Å². The van der Waals surface area contributed by atoms with Crippen molar-refractivity contribution in [3.05, 3.63) is 22.2 Å². The number of anilines is 1. The summed E-state index contributed by atoms with van der Waals surface area (Å²) in [5.74, 6) is 0.638. The molecular weight excluding hydrogens is 322 g/mol. The number of rotatable bonds is 4. The molecule has 0 aromatic carbocycles. The fraction of sp³-hybridized carbons (Fsp3) is 0.571. The second-order valence-electron chi connectivity index (χ2n) is 5.94. The summed E-state index contributed by atoms with van der Waals surface area (Å²) in [6, 6.07) is 0. The Hall–Kier alpha value is -1.41. The van der Waals surface area contributed by atoms with E-state index in [1.54, 1.807) is 11.0 Å². The molecule has 6 nitrogen and oxygen atoms in total. The van der Waals surface area contributed by atoms with Gasteiger partial charge in [-0.1, -0.05) is 16.9 Å². The van der Waals surface area contributed by atoms with E-state index >= 15 is 0 Å². The van der Waals surface area contributed by atoms with Crippen LogP contribution in [-0.4, -0.2) is 37.0 Å². The third kappa shape index (κ3) is 3.67. The number of thiazole rings is 1. The number of fused-ring (bicyclic) bond motifs is 1. The van der Waals surface area contributed by atoms with Gasteiger partial charge >= 0.3 is 0 Å². The molecular formula is C14H19N3O3S2. The lowest BCUT2D eigenvalue weighted by Crippen LogP contribution is -2.34. The molecule has 3 rings (SSSR count). The molecule has 0 saturated heterocycles. The molecule has 2 heterocycles. The highest BCUT2D eigenvalue weighted by Gasteiger charge is 2.27. The van der Waals surface area contributed by atoms with Crippen molar-refractivity contribution in [1.82, 2.24) is 9.88 Å². The molecule has 0 unspecified atom stereocenters. The number of carbonyl (C=O) groups excluding carboxylic acids is 1. The summed E-state index contributed by atoms with van der Waals surface area (Å²) >= 11 is 1.30. The fourth-order valence-corrected chi connectivity index (χ4v) is 4.39. The van der Waals surface area contributed by atoms with Gasteiger partial charge in [-0.25, -0.2) is 13.4 Å². The molecule has 0 atom stereocenters. The number of hydrogen-bond acceptors (Lipinski definition) is 5. The van der Waals surface area contributed by atoms with E-state index in [-0.39, 0.29) is 5.91 Å². The van der Waals surface area contributed by atoms with Gasteiger partial charge in [-0.05, 0) is 25.7 Å². The summed E-state index contributed by atoms with van der Waals surface area (Å²) in [6.07, 6.45) is 5.90. The number of allylic oxidation sites excluding steroid dienone is 1. The van der Waals surface area contributed by atoms with E-state index in [1.807, 2.05) is 6.92 Å². The Kier molecular flexibility index (Phi) is 3.98. The van der Waals surface area contributed by atoms with Gasteiger partial charge < -0.3 is 4.90 Å². The van der Waals surface area contributed by atoms with Gasteiger partial charge in [0, 0.05) is 23.9 Å². The molecule has 22 heavy (non-hydrogen) atoms. The average molecular weight is 341 g/mol. The quantitative estimate of drug-likeness (QED) is 0.846. The van der Waals surface area contributed by atoms with Gasteiger partial charge in [0.05, 0.1) is 18.5 Å². The number of nitrogens with zero attached hydrogens (tertiary/aromatic N) is 2. The number of hydrogen-bond donors (Lipinski definition) is 1. The van der Waals surface area contributed by atoms with Crippen LogP contribution in [0.25, 0.3) is 0 Å². The molecule has 1 amide bonds. The van der Waals surface area contributed by atoms with Crippen LogP contribution in [0.1, 0.15) is 30.3 Å². The number of carbonyl (C=O) groups is 1. The van der Waals surface area contributed by atoms with Crippen LogP contribution in [0.3, 0.4) is 0 Å². The van der Waals surface area contributed by atoms with E-state index in [1.165, 1.54) is 29.8 Å². The van der Waals surface area contributed by atoms with Crippen molar-refractivity contribution in [3.8, 4) is 0 Å². The molecule has 1 saturated carbocycles. The summed E-state index contributed by atoms with van der Waals surface area (Å²) < 4.78 is 24.9. The van der Waals surface area contributed by atoms with Crippen LogP contribution in [0.15, 0.2) is 11.6 Å². The standard InChI is InChI=1S/C14H19N3O3S2/c1-9(10-3-4-10)7-13(18)17-6-5-11-12(8-17)21-14(15-11)16-22(2,19)20/h7,10H,3-6,8H2,1-2H3,(H,15,16)/b9-7-. The fourth-order valence-electron chi connectivity index (χ4n) is 2.53. The van der Waals surface area contributed by atoms with E-state index in [2.05, 4.69) is 9.71 Å². The highest BCUT2D eigenvalue weighted by atomic mass is 32.2. The molecule has 1 aliphatic heterocycles. The predicted octanol–water partition coefficient (Wildman–Crippen LogP) is 1.76. The number of amides is 1. The Balaban J connectivity index is 1.70. The first kappa shape index (κ1) is 15.5. The first-order valence-corrected chi connectivity index (χ1v) is 9.96. The lowest BCUT2D eigenvalue weighted by Gasteiger charge is -2.25. The molecule has 1 aliphatic carbocycles. The SMILES string of the molecule is C/C(=C/C(=O)N1CCc2nc(NS(C)(=O)=O)sc2C1)C1CC1. The van der Waals surface area contributed by atoms with Crippen molar-refractivity contribution in [1.29, 1.82) is 0 Å². The zero-order chi connectivity index (χ0) is 15.9. The summed E-state index contributed by atoms with van der Waals surface area (Å²) in [7, 11) is -3.32. The van der Waals surface area contributed by atoms with Gasteiger partial charge in [0.1, 0.15) is 0 Å². The minimum Gasteiger partial charge on any atom is -0.334 e. The van der Waals surface area contributed by atoms with Crippen LogP contribution in [0.2, 0.25) is 0 Å². The molecule has 120 valence electrons. The second-order valence-corrected chi connectivity index (χ2v) is 8.77.